The first-order valence-electron chi connectivity index (χ1n) is 13.0. The molecule has 192 valence electrons. The Labute approximate surface area is 211 Å². The Morgan fingerprint density at radius 3 is 2.67 bits per heavy atom. The van der Waals surface area contributed by atoms with Crippen LogP contribution >= 0.6 is 0 Å². The minimum Gasteiger partial charge on any atom is -0.441 e. The molecule has 1 heterocycles. The average molecular weight is 493 g/mol. The fraction of sp³-hybridized carbons (Fsp3) is 0.552. The molecule has 7 heteroatoms. The number of aliphatic hydroxyl groups is 4. The zero-order valence-electron chi connectivity index (χ0n) is 21.4. The Hall–Kier alpha value is -2.29. The normalized spacial score (nSPS) is 38.4. The van der Waals surface area contributed by atoms with E-state index in [1.807, 2.05) is 38.1 Å². The molecular weight excluding hydrogens is 456 g/mol. The van der Waals surface area contributed by atoms with Crippen LogP contribution in [0.15, 0.2) is 51.5 Å². The summed E-state index contributed by atoms with van der Waals surface area (Å²) >= 11 is 0. The molecule has 4 aliphatic rings. The number of aromatic nitrogens is 1. The second-order valence-corrected chi connectivity index (χ2v) is 11.7. The van der Waals surface area contributed by atoms with E-state index in [4.69, 9.17) is 4.42 Å². The summed E-state index contributed by atoms with van der Waals surface area (Å²) in [5.74, 6) is 0.845. The lowest BCUT2D eigenvalue weighted by atomic mass is 9.61. The van der Waals surface area contributed by atoms with E-state index in [0.29, 0.717) is 37.1 Å². The Morgan fingerprint density at radius 2 is 1.92 bits per heavy atom. The molecule has 7 atom stereocenters. The lowest BCUT2D eigenvalue weighted by Crippen LogP contribution is -2.58. The van der Waals surface area contributed by atoms with Crippen molar-refractivity contribution in [3.8, 4) is 0 Å². The number of likely N-dealkylation sites (N-methyl/N-ethyl adjacent to an activating group) is 1. The summed E-state index contributed by atoms with van der Waals surface area (Å²) in [5, 5.41) is 45.0. The van der Waals surface area contributed by atoms with Gasteiger partial charge in [0.1, 0.15) is 11.6 Å². The van der Waals surface area contributed by atoms with E-state index in [2.05, 4.69) is 30.1 Å². The number of benzene rings is 1. The Bertz CT molecular complexity index is 1320. The van der Waals surface area contributed by atoms with E-state index >= 15 is 0 Å². The van der Waals surface area contributed by atoms with E-state index in [1.165, 1.54) is 11.1 Å². The number of hydrogen-bond donors (Lipinski definition) is 4. The largest absolute Gasteiger partial charge is 0.441 e. The number of aryl methyl sites for hydroxylation is 1. The highest BCUT2D eigenvalue weighted by atomic mass is 16.3. The van der Waals surface area contributed by atoms with E-state index in [1.54, 1.807) is 0 Å². The van der Waals surface area contributed by atoms with Gasteiger partial charge in [0.05, 0.1) is 17.8 Å². The lowest BCUT2D eigenvalue weighted by molar-refractivity contribution is -0.0922. The number of nitrogens with zero attached hydrogens (tertiary/aromatic N) is 2. The molecule has 0 spiro atoms. The quantitative estimate of drug-likeness (QED) is 0.510. The third kappa shape index (κ3) is 3.41. The molecule has 0 saturated heterocycles. The van der Waals surface area contributed by atoms with Gasteiger partial charge < -0.3 is 29.7 Å². The van der Waals surface area contributed by atoms with Crippen LogP contribution in [-0.4, -0.2) is 74.4 Å². The number of rotatable bonds is 2. The maximum atomic E-state index is 11.7. The van der Waals surface area contributed by atoms with Crippen molar-refractivity contribution in [2.24, 2.45) is 11.3 Å². The molecule has 4 N–H and O–H groups in total. The Kier molecular flexibility index (Phi) is 5.42. The summed E-state index contributed by atoms with van der Waals surface area (Å²) in [6.07, 6.45) is 4.11. The van der Waals surface area contributed by atoms with E-state index in [0.717, 1.165) is 28.7 Å². The van der Waals surface area contributed by atoms with Crippen LogP contribution in [0.5, 0.6) is 0 Å². The number of fused-ring (bicyclic) bond motifs is 4. The maximum Gasteiger partial charge on any atom is 0.192 e. The smallest absolute Gasteiger partial charge is 0.192 e. The predicted octanol–water partition coefficient (Wildman–Crippen LogP) is 3.11. The summed E-state index contributed by atoms with van der Waals surface area (Å²) in [5.41, 5.74) is 4.88. The van der Waals surface area contributed by atoms with Crippen molar-refractivity contribution < 1.29 is 24.8 Å². The molecular formula is C29H36N2O5. The van der Waals surface area contributed by atoms with Crippen LogP contribution in [0, 0.1) is 18.3 Å². The average Bonchev–Trinajstić information content (AvgIpc) is 3.30. The van der Waals surface area contributed by atoms with Crippen LogP contribution in [0.3, 0.4) is 0 Å². The highest BCUT2D eigenvalue weighted by molar-refractivity contribution is 5.82. The molecule has 4 aliphatic carbocycles. The topological polar surface area (TPSA) is 110 Å². The van der Waals surface area contributed by atoms with E-state index in [-0.39, 0.29) is 17.4 Å². The fourth-order valence-corrected chi connectivity index (χ4v) is 7.51. The minimum absolute atomic E-state index is 0.202. The van der Waals surface area contributed by atoms with Crippen LogP contribution in [0.4, 0.5) is 0 Å². The summed E-state index contributed by atoms with van der Waals surface area (Å²) in [4.78, 5) is 6.38. The molecule has 1 fully saturated rings. The highest BCUT2D eigenvalue weighted by Gasteiger charge is 2.53. The third-order valence-corrected chi connectivity index (χ3v) is 9.42. The molecule has 0 aliphatic heterocycles. The third-order valence-electron chi connectivity index (χ3n) is 9.42. The SMILES string of the molecule is Cc1nc2cc(C3=CCC4C5=C(C=C6C(O)C(O)C(N(C)C)CC6(O)CC5)C(O)CC34C)ccc2o1. The van der Waals surface area contributed by atoms with Crippen molar-refractivity contribution in [3.63, 3.8) is 0 Å². The lowest BCUT2D eigenvalue weighted by Gasteiger charge is -2.46. The molecule has 2 aromatic rings. The maximum absolute atomic E-state index is 11.7. The van der Waals surface area contributed by atoms with Crippen LogP contribution in [-0.2, 0) is 0 Å². The fourth-order valence-electron chi connectivity index (χ4n) is 7.51. The van der Waals surface area contributed by atoms with Crippen LogP contribution in [0.25, 0.3) is 16.7 Å². The van der Waals surface area contributed by atoms with Gasteiger partial charge >= 0.3 is 0 Å². The van der Waals surface area contributed by atoms with Gasteiger partial charge in [0.2, 0.25) is 0 Å². The molecule has 36 heavy (non-hydrogen) atoms. The first-order valence-corrected chi connectivity index (χ1v) is 13.0. The van der Waals surface area contributed by atoms with Gasteiger partial charge in [-0.1, -0.05) is 30.7 Å². The molecule has 0 bridgehead atoms. The molecule has 1 aromatic heterocycles. The molecule has 1 aromatic carbocycles. The summed E-state index contributed by atoms with van der Waals surface area (Å²) in [6, 6.07) is 5.78. The van der Waals surface area contributed by atoms with Gasteiger partial charge in [0.15, 0.2) is 11.5 Å². The predicted molar refractivity (Wildman–Crippen MR) is 137 cm³/mol. The standard InChI is InChI=1S/C29H36N2O5/c1-15-30-22-11-16(5-8-25(22)36-15)19-6-7-20-17-9-10-29(35)13-23(31(3)4)27(34)26(33)21(29)12-18(17)24(32)14-28(19,20)2/h5-6,8,11-12,20,23-24,26-27,32-35H,7,9-10,13-14H2,1-4H3. The first-order chi connectivity index (χ1) is 17.0. The van der Waals surface area contributed by atoms with Gasteiger partial charge in [0, 0.05) is 18.4 Å². The van der Waals surface area contributed by atoms with Crippen molar-refractivity contribution in [3.05, 3.63) is 58.5 Å². The highest BCUT2D eigenvalue weighted by Crippen LogP contribution is 2.60. The zero-order valence-corrected chi connectivity index (χ0v) is 21.4. The van der Waals surface area contributed by atoms with Crippen LogP contribution < -0.4 is 0 Å². The van der Waals surface area contributed by atoms with Crippen molar-refractivity contribution in [1.82, 2.24) is 9.88 Å². The second kappa shape index (κ2) is 8.10. The Morgan fingerprint density at radius 1 is 1.14 bits per heavy atom. The number of allylic oxidation sites excluding steroid dienone is 3. The van der Waals surface area contributed by atoms with Gasteiger partial charge in [-0.2, -0.15) is 0 Å². The summed E-state index contributed by atoms with van der Waals surface area (Å²) in [7, 11) is 3.72. The molecule has 7 nitrogen and oxygen atoms in total. The summed E-state index contributed by atoms with van der Waals surface area (Å²) < 4.78 is 5.66. The first kappa shape index (κ1) is 24.1. The van der Waals surface area contributed by atoms with Crippen molar-refractivity contribution in [1.29, 1.82) is 0 Å². The molecule has 6 rings (SSSR count). The number of hydrogen-bond acceptors (Lipinski definition) is 7. The Balaban J connectivity index is 1.37. The van der Waals surface area contributed by atoms with Crippen molar-refractivity contribution >= 4 is 16.7 Å². The van der Waals surface area contributed by atoms with Gasteiger partial charge in [-0.05, 0) is 86.5 Å². The van der Waals surface area contributed by atoms with Gasteiger partial charge in [-0.3, -0.25) is 0 Å². The summed E-state index contributed by atoms with van der Waals surface area (Å²) in [6.45, 7) is 4.09. The molecule has 0 radical (unpaired) electrons. The number of aliphatic hydroxyl groups excluding tert-OH is 3. The van der Waals surface area contributed by atoms with Gasteiger partial charge in [0.25, 0.3) is 0 Å². The van der Waals surface area contributed by atoms with Crippen LogP contribution in [0.2, 0.25) is 0 Å². The monoisotopic (exact) mass is 492 g/mol. The molecule has 7 unspecified atom stereocenters. The molecule has 0 amide bonds. The van der Waals surface area contributed by atoms with Gasteiger partial charge in [-0.25, -0.2) is 4.98 Å². The second-order valence-electron chi connectivity index (χ2n) is 11.7. The minimum atomic E-state index is -1.22. The van der Waals surface area contributed by atoms with Crippen molar-refractivity contribution in [2.45, 2.75) is 75.9 Å². The zero-order chi connectivity index (χ0) is 25.6. The number of oxazole rings is 1. The van der Waals surface area contributed by atoms with Crippen LogP contribution in [0.1, 0.15) is 50.5 Å². The van der Waals surface area contributed by atoms with Crippen molar-refractivity contribution in [2.75, 3.05) is 14.1 Å². The van der Waals surface area contributed by atoms with E-state index < -0.39 is 23.9 Å². The van der Waals surface area contributed by atoms with Gasteiger partial charge in [-0.15, -0.1) is 0 Å². The molecule has 1 saturated carbocycles. The van der Waals surface area contributed by atoms with E-state index in [9.17, 15) is 20.4 Å².